The predicted molar refractivity (Wildman–Crippen MR) is 97.3 cm³/mol. The Labute approximate surface area is 146 Å². The highest BCUT2D eigenvalue weighted by Gasteiger charge is 2.37. The van der Waals surface area contributed by atoms with Crippen molar-refractivity contribution in [1.82, 2.24) is 15.5 Å². The topological polar surface area (TPSA) is 66.0 Å². The molecule has 2 aliphatic rings. The van der Waals surface area contributed by atoms with Crippen LogP contribution < -0.4 is 10.6 Å². The van der Waals surface area contributed by atoms with Crippen molar-refractivity contribution in [2.24, 2.45) is 10.9 Å². The van der Waals surface area contributed by atoms with Crippen molar-refractivity contribution in [3.63, 3.8) is 0 Å². The smallest absolute Gasteiger partial charge is 0.410 e. The van der Waals surface area contributed by atoms with E-state index in [4.69, 9.17) is 4.74 Å². The van der Waals surface area contributed by atoms with Gasteiger partial charge in [-0.15, -0.1) is 0 Å². The van der Waals surface area contributed by atoms with Crippen molar-refractivity contribution in [1.29, 1.82) is 0 Å². The van der Waals surface area contributed by atoms with E-state index >= 15 is 0 Å². The van der Waals surface area contributed by atoms with Crippen LogP contribution in [-0.4, -0.2) is 54.8 Å². The number of ether oxygens (including phenoxy) is 1. The van der Waals surface area contributed by atoms with Gasteiger partial charge in [-0.05, 0) is 52.4 Å². The van der Waals surface area contributed by atoms with E-state index in [1.807, 2.05) is 20.8 Å². The number of amides is 1. The Hall–Kier alpha value is -1.46. The average Bonchev–Trinajstić information content (AvgIpc) is 3.23. The fourth-order valence-corrected chi connectivity index (χ4v) is 3.24. The molecule has 1 aliphatic carbocycles. The maximum absolute atomic E-state index is 12.2. The molecule has 0 aromatic rings. The minimum absolute atomic E-state index is 0.220. The number of hydrogen-bond donors (Lipinski definition) is 2. The van der Waals surface area contributed by atoms with Crippen LogP contribution >= 0.6 is 0 Å². The molecule has 1 heterocycles. The van der Waals surface area contributed by atoms with Gasteiger partial charge >= 0.3 is 6.09 Å². The molecule has 24 heavy (non-hydrogen) atoms. The van der Waals surface area contributed by atoms with Crippen LogP contribution in [0.4, 0.5) is 4.79 Å². The summed E-state index contributed by atoms with van der Waals surface area (Å²) in [5.74, 6) is 1.65. The van der Waals surface area contributed by atoms with Gasteiger partial charge < -0.3 is 20.3 Å². The highest BCUT2D eigenvalue weighted by molar-refractivity contribution is 5.80. The second-order valence-corrected chi connectivity index (χ2v) is 8.02. The summed E-state index contributed by atoms with van der Waals surface area (Å²) in [5, 5.41) is 6.99. The number of likely N-dealkylation sites (tertiary alicyclic amines) is 1. The Bertz CT molecular complexity index is 458. The minimum atomic E-state index is -0.449. The number of guanidine groups is 1. The summed E-state index contributed by atoms with van der Waals surface area (Å²) in [4.78, 5) is 18.4. The molecule has 1 saturated heterocycles. The molecule has 1 saturated carbocycles. The monoisotopic (exact) mass is 338 g/mol. The first-order valence-corrected chi connectivity index (χ1v) is 9.30. The third kappa shape index (κ3) is 5.87. The van der Waals surface area contributed by atoms with E-state index in [2.05, 4.69) is 22.5 Å². The zero-order valence-corrected chi connectivity index (χ0v) is 15.9. The molecular formula is C18H34N4O2. The first-order valence-electron chi connectivity index (χ1n) is 9.30. The molecule has 0 bridgehead atoms. The summed E-state index contributed by atoms with van der Waals surface area (Å²) in [6.45, 7) is 9.37. The van der Waals surface area contributed by atoms with Crippen molar-refractivity contribution in [3.8, 4) is 0 Å². The number of nitrogens with zero attached hydrogens (tertiary/aromatic N) is 2. The van der Waals surface area contributed by atoms with Crippen LogP contribution in [0.3, 0.4) is 0 Å². The number of aliphatic imine (C=N–C) groups is 1. The van der Waals surface area contributed by atoms with E-state index in [-0.39, 0.29) is 12.1 Å². The molecule has 2 rings (SSSR count). The van der Waals surface area contributed by atoms with E-state index in [0.717, 1.165) is 31.3 Å². The molecule has 0 radical (unpaired) electrons. The Balaban J connectivity index is 1.80. The quantitative estimate of drug-likeness (QED) is 0.611. The Morgan fingerprint density at radius 1 is 1.33 bits per heavy atom. The number of hydrogen-bond acceptors (Lipinski definition) is 3. The standard InChI is InChI=1S/C18H34N4O2/c1-6-8-13-11-15(13)21-16(19-5)20-14-9-7-10-22(12-14)17(23)24-18(2,3)4/h13-15H,6-12H2,1-5H3,(H2,19,20,21). The lowest BCUT2D eigenvalue weighted by atomic mass is 10.1. The molecule has 138 valence electrons. The first-order chi connectivity index (χ1) is 11.3. The highest BCUT2D eigenvalue weighted by atomic mass is 16.6. The van der Waals surface area contributed by atoms with Crippen molar-refractivity contribution < 1.29 is 9.53 Å². The number of piperidine rings is 1. The number of rotatable bonds is 4. The Kier molecular flexibility index (Phi) is 6.35. The van der Waals surface area contributed by atoms with Crippen LogP contribution in [0.2, 0.25) is 0 Å². The van der Waals surface area contributed by atoms with Gasteiger partial charge in [-0.1, -0.05) is 13.3 Å². The van der Waals surface area contributed by atoms with Crippen molar-refractivity contribution in [2.45, 2.75) is 77.5 Å². The molecule has 3 atom stereocenters. The number of carbonyl (C=O) groups excluding carboxylic acids is 1. The fraction of sp³-hybridized carbons (Fsp3) is 0.889. The lowest BCUT2D eigenvalue weighted by Gasteiger charge is -2.35. The van der Waals surface area contributed by atoms with Gasteiger partial charge in [0.1, 0.15) is 5.60 Å². The van der Waals surface area contributed by atoms with Crippen LogP contribution in [0.25, 0.3) is 0 Å². The lowest BCUT2D eigenvalue weighted by Crippen LogP contribution is -2.53. The van der Waals surface area contributed by atoms with Gasteiger partial charge in [0.2, 0.25) is 0 Å². The predicted octanol–water partition coefficient (Wildman–Crippen LogP) is 2.74. The van der Waals surface area contributed by atoms with E-state index in [1.54, 1.807) is 11.9 Å². The van der Waals surface area contributed by atoms with Crippen LogP contribution in [-0.2, 0) is 4.74 Å². The van der Waals surface area contributed by atoms with Crippen LogP contribution in [0, 0.1) is 5.92 Å². The fourth-order valence-electron chi connectivity index (χ4n) is 3.24. The molecule has 3 unspecified atom stereocenters. The molecule has 0 spiro atoms. The summed E-state index contributed by atoms with van der Waals surface area (Å²) in [7, 11) is 1.81. The summed E-state index contributed by atoms with van der Waals surface area (Å²) in [5.41, 5.74) is -0.449. The summed E-state index contributed by atoms with van der Waals surface area (Å²) in [6, 6.07) is 0.780. The Morgan fingerprint density at radius 2 is 2.08 bits per heavy atom. The molecule has 1 amide bonds. The van der Waals surface area contributed by atoms with Crippen LogP contribution in [0.1, 0.15) is 59.8 Å². The van der Waals surface area contributed by atoms with E-state index < -0.39 is 5.60 Å². The van der Waals surface area contributed by atoms with Crippen molar-refractivity contribution in [2.75, 3.05) is 20.1 Å². The molecule has 1 aliphatic heterocycles. The molecule has 2 fully saturated rings. The number of nitrogens with one attached hydrogen (secondary N) is 2. The molecule has 2 N–H and O–H groups in total. The average molecular weight is 338 g/mol. The zero-order chi connectivity index (χ0) is 17.7. The van der Waals surface area contributed by atoms with Crippen molar-refractivity contribution in [3.05, 3.63) is 0 Å². The highest BCUT2D eigenvalue weighted by Crippen LogP contribution is 2.34. The van der Waals surface area contributed by atoms with Gasteiger partial charge in [0.25, 0.3) is 0 Å². The van der Waals surface area contributed by atoms with Crippen LogP contribution in [0.15, 0.2) is 4.99 Å². The lowest BCUT2D eigenvalue weighted by molar-refractivity contribution is 0.0193. The van der Waals surface area contributed by atoms with Gasteiger partial charge in [-0.25, -0.2) is 4.79 Å². The second-order valence-electron chi connectivity index (χ2n) is 8.02. The maximum Gasteiger partial charge on any atom is 0.410 e. The Morgan fingerprint density at radius 3 is 2.71 bits per heavy atom. The molecular weight excluding hydrogens is 304 g/mol. The summed E-state index contributed by atoms with van der Waals surface area (Å²) >= 11 is 0. The van der Waals surface area contributed by atoms with E-state index in [0.29, 0.717) is 12.6 Å². The molecule has 6 heteroatoms. The van der Waals surface area contributed by atoms with Crippen LogP contribution in [0.5, 0.6) is 0 Å². The zero-order valence-electron chi connectivity index (χ0n) is 15.9. The largest absolute Gasteiger partial charge is 0.444 e. The van der Waals surface area contributed by atoms with Gasteiger partial charge in [0, 0.05) is 32.2 Å². The normalized spacial score (nSPS) is 27.6. The third-order valence-electron chi connectivity index (χ3n) is 4.54. The molecule has 6 nitrogen and oxygen atoms in total. The molecule has 0 aromatic heterocycles. The van der Waals surface area contributed by atoms with Crippen molar-refractivity contribution >= 4 is 12.1 Å². The summed E-state index contributed by atoms with van der Waals surface area (Å²) < 4.78 is 5.49. The third-order valence-corrected chi connectivity index (χ3v) is 4.54. The van der Waals surface area contributed by atoms with Gasteiger partial charge in [-0.3, -0.25) is 4.99 Å². The van der Waals surface area contributed by atoms with Gasteiger partial charge in [0.05, 0.1) is 0 Å². The molecule has 0 aromatic carbocycles. The number of carbonyl (C=O) groups is 1. The maximum atomic E-state index is 12.2. The summed E-state index contributed by atoms with van der Waals surface area (Å²) in [6.07, 6.45) is 5.57. The SMILES string of the molecule is CCCC1CC1NC(=NC)NC1CCCN(C(=O)OC(C)(C)C)C1. The van der Waals surface area contributed by atoms with E-state index in [9.17, 15) is 4.79 Å². The van der Waals surface area contributed by atoms with E-state index in [1.165, 1.54) is 19.3 Å². The second kappa shape index (κ2) is 8.08. The minimum Gasteiger partial charge on any atom is -0.444 e. The van der Waals surface area contributed by atoms with Gasteiger partial charge in [-0.2, -0.15) is 0 Å². The first kappa shape index (κ1) is 18.9. The van der Waals surface area contributed by atoms with Gasteiger partial charge in [0.15, 0.2) is 5.96 Å².